The van der Waals surface area contributed by atoms with E-state index >= 15 is 0 Å². The third kappa shape index (κ3) is 8.44. The van der Waals surface area contributed by atoms with Gasteiger partial charge in [-0.25, -0.2) is 0 Å². The first-order chi connectivity index (χ1) is 6.85. The molecule has 4 nitrogen and oxygen atoms in total. The van der Waals surface area contributed by atoms with Gasteiger partial charge in [0.05, 0.1) is 19.8 Å². The van der Waals surface area contributed by atoms with Crippen LogP contribution in [0.15, 0.2) is 0 Å². The average Bonchev–Trinajstić information content (AvgIpc) is 2.22. The molecule has 14 heavy (non-hydrogen) atoms. The van der Waals surface area contributed by atoms with E-state index in [1.165, 1.54) is 0 Å². The molecule has 0 bridgehead atoms. The molecule has 0 saturated carbocycles. The van der Waals surface area contributed by atoms with E-state index in [1.807, 2.05) is 7.05 Å². The van der Waals surface area contributed by atoms with E-state index in [1.54, 1.807) is 0 Å². The molecule has 0 aromatic rings. The van der Waals surface area contributed by atoms with Crippen molar-refractivity contribution in [2.24, 2.45) is 0 Å². The summed E-state index contributed by atoms with van der Waals surface area (Å²) in [6.45, 7) is 5.02. The Labute approximate surface area is 86.6 Å². The largest absolute Gasteiger partial charge is 0.395 e. The molecular weight excluding hydrogens is 182 g/mol. The zero-order chi connectivity index (χ0) is 10.6. The lowest BCUT2D eigenvalue weighted by molar-refractivity contribution is 0.0428. The summed E-state index contributed by atoms with van der Waals surface area (Å²) >= 11 is 0. The van der Waals surface area contributed by atoms with Crippen molar-refractivity contribution in [3.05, 3.63) is 0 Å². The minimum atomic E-state index is 0.145. The van der Waals surface area contributed by atoms with Crippen LogP contribution in [0.3, 0.4) is 0 Å². The number of aliphatic hydroxyl groups excluding tert-OH is 1. The predicted molar refractivity (Wildman–Crippen MR) is 56.5 cm³/mol. The number of hydrogen-bond donors (Lipinski definition) is 2. The van der Waals surface area contributed by atoms with Gasteiger partial charge in [0, 0.05) is 19.3 Å². The van der Waals surface area contributed by atoms with Crippen LogP contribution in [-0.4, -0.2) is 51.2 Å². The van der Waals surface area contributed by atoms with Gasteiger partial charge in [-0.15, -0.1) is 0 Å². The first-order valence-corrected chi connectivity index (χ1v) is 5.28. The Kier molecular flexibility index (Phi) is 10.8. The summed E-state index contributed by atoms with van der Waals surface area (Å²) in [5, 5.41) is 11.9. The van der Waals surface area contributed by atoms with Crippen LogP contribution >= 0.6 is 0 Å². The summed E-state index contributed by atoms with van der Waals surface area (Å²) in [6.07, 6.45) is 1.88. The molecule has 0 aliphatic rings. The Balaban J connectivity index is 3.04. The molecule has 0 aromatic heterocycles. The lowest BCUT2D eigenvalue weighted by Crippen LogP contribution is -2.30. The smallest absolute Gasteiger partial charge is 0.0700 e. The van der Waals surface area contributed by atoms with Gasteiger partial charge in [-0.05, 0) is 19.9 Å². The second kappa shape index (κ2) is 10.9. The van der Waals surface area contributed by atoms with Crippen LogP contribution in [0.2, 0.25) is 0 Å². The molecule has 0 aliphatic carbocycles. The first kappa shape index (κ1) is 13.8. The molecule has 0 radical (unpaired) electrons. The van der Waals surface area contributed by atoms with Crippen molar-refractivity contribution < 1.29 is 14.6 Å². The molecule has 0 aliphatic heterocycles. The Bertz CT molecular complexity index is 108. The van der Waals surface area contributed by atoms with E-state index in [4.69, 9.17) is 14.6 Å². The van der Waals surface area contributed by atoms with Gasteiger partial charge in [0.25, 0.3) is 0 Å². The van der Waals surface area contributed by atoms with Gasteiger partial charge in [0.2, 0.25) is 0 Å². The topological polar surface area (TPSA) is 50.7 Å². The summed E-state index contributed by atoms with van der Waals surface area (Å²) in [6, 6.07) is 0.145. The van der Waals surface area contributed by atoms with E-state index in [2.05, 4.69) is 12.2 Å². The molecule has 0 heterocycles. The number of hydrogen-bond acceptors (Lipinski definition) is 4. The molecule has 0 aromatic carbocycles. The Morgan fingerprint density at radius 1 is 1.14 bits per heavy atom. The van der Waals surface area contributed by atoms with Crippen LogP contribution in [0, 0.1) is 0 Å². The number of rotatable bonds is 10. The second-order valence-corrected chi connectivity index (χ2v) is 3.18. The predicted octanol–water partition coefficient (Wildman–Crippen LogP) is 0.400. The van der Waals surface area contributed by atoms with Crippen molar-refractivity contribution >= 4 is 0 Å². The van der Waals surface area contributed by atoms with E-state index in [-0.39, 0.29) is 12.6 Å². The fraction of sp³-hybridized carbons (Fsp3) is 1.00. The van der Waals surface area contributed by atoms with Gasteiger partial charge in [-0.2, -0.15) is 0 Å². The Hall–Kier alpha value is -0.160. The number of ether oxygens (including phenoxy) is 2. The zero-order valence-electron chi connectivity index (χ0n) is 9.29. The third-order valence-electron chi connectivity index (χ3n) is 1.96. The number of nitrogens with one attached hydrogen (secondary N) is 1. The first-order valence-electron chi connectivity index (χ1n) is 5.28. The van der Waals surface area contributed by atoms with Gasteiger partial charge in [0.1, 0.15) is 0 Å². The van der Waals surface area contributed by atoms with Gasteiger partial charge in [0.15, 0.2) is 0 Å². The molecule has 2 N–H and O–H groups in total. The fourth-order valence-electron chi connectivity index (χ4n) is 1.02. The van der Waals surface area contributed by atoms with E-state index < -0.39 is 0 Å². The molecule has 4 heteroatoms. The average molecular weight is 205 g/mol. The summed E-state index contributed by atoms with van der Waals surface area (Å²) in [5.74, 6) is 0. The van der Waals surface area contributed by atoms with Gasteiger partial charge < -0.3 is 19.9 Å². The minimum Gasteiger partial charge on any atom is -0.395 e. The lowest BCUT2D eigenvalue weighted by Gasteiger charge is -2.12. The maximum Gasteiger partial charge on any atom is 0.0700 e. The van der Waals surface area contributed by atoms with Gasteiger partial charge >= 0.3 is 0 Å². The van der Waals surface area contributed by atoms with Crippen molar-refractivity contribution in [3.8, 4) is 0 Å². The highest BCUT2D eigenvalue weighted by Gasteiger charge is 2.02. The van der Waals surface area contributed by atoms with Crippen LogP contribution in [0.5, 0.6) is 0 Å². The maximum absolute atomic E-state index is 8.86. The second-order valence-electron chi connectivity index (χ2n) is 3.18. The number of likely N-dealkylation sites (N-methyl/N-ethyl adjacent to an activating group) is 1. The summed E-state index contributed by atoms with van der Waals surface area (Å²) in [5.41, 5.74) is 0. The molecule has 0 spiro atoms. The van der Waals surface area contributed by atoms with E-state index in [9.17, 15) is 0 Å². The summed E-state index contributed by atoms with van der Waals surface area (Å²) in [7, 11) is 1.84. The van der Waals surface area contributed by atoms with Crippen molar-refractivity contribution in [2.45, 2.75) is 25.8 Å². The minimum absolute atomic E-state index is 0.145. The molecule has 1 unspecified atom stereocenters. The molecular formula is C10H23NO3. The van der Waals surface area contributed by atoms with Crippen LogP contribution < -0.4 is 5.32 Å². The van der Waals surface area contributed by atoms with Crippen LogP contribution in [0.1, 0.15) is 19.8 Å². The molecule has 0 fully saturated rings. The summed E-state index contributed by atoms with van der Waals surface area (Å²) < 4.78 is 10.6. The van der Waals surface area contributed by atoms with Crippen LogP contribution in [0.4, 0.5) is 0 Å². The van der Waals surface area contributed by atoms with E-state index in [0.29, 0.717) is 19.8 Å². The maximum atomic E-state index is 8.86. The highest BCUT2D eigenvalue weighted by atomic mass is 16.5. The molecule has 86 valence electrons. The highest BCUT2D eigenvalue weighted by molar-refractivity contribution is 4.60. The Morgan fingerprint density at radius 3 is 2.29 bits per heavy atom. The highest BCUT2D eigenvalue weighted by Crippen LogP contribution is 1.91. The normalized spacial score (nSPS) is 13.1. The van der Waals surface area contributed by atoms with Crippen molar-refractivity contribution in [2.75, 3.05) is 40.1 Å². The molecule has 0 amide bonds. The summed E-state index contributed by atoms with van der Waals surface area (Å²) in [4.78, 5) is 0. The van der Waals surface area contributed by atoms with Crippen LogP contribution in [-0.2, 0) is 9.47 Å². The zero-order valence-corrected chi connectivity index (χ0v) is 9.29. The molecule has 0 rings (SSSR count). The fourth-order valence-corrected chi connectivity index (χ4v) is 1.02. The van der Waals surface area contributed by atoms with Crippen LogP contribution in [0.25, 0.3) is 0 Å². The monoisotopic (exact) mass is 205 g/mol. The van der Waals surface area contributed by atoms with Gasteiger partial charge in [-0.1, -0.05) is 6.92 Å². The molecule has 0 saturated heterocycles. The van der Waals surface area contributed by atoms with E-state index in [0.717, 1.165) is 19.4 Å². The SMILES string of the molecule is CCCOCCOCCC(CO)NC. The van der Waals surface area contributed by atoms with Crippen molar-refractivity contribution in [1.82, 2.24) is 5.32 Å². The standard InChI is InChI=1S/C10H23NO3/c1-3-5-13-7-8-14-6-4-10(9-12)11-2/h10-12H,3-9H2,1-2H3. The van der Waals surface area contributed by atoms with Gasteiger partial charge in [-0.3, -0.25) is 0 Å². The molecule has 1 atom stereocenters. The lowest BCUT2D eigenvalue weighted by atomic mass is 10.2. The Morgan fingerprint density at radius 2 is 1.79 bits per heavy atom. The quantitative estimate of drug-likeness (QED) is 0.507. The van der Waals surface area contributed by atoms with Crippen molar-refractivity contribution in [1.29, 1.82) is 0 Å². The third-order valence-corrected chi connectivity index (χ3v) is 1.96. The van der Waals surface area contributed by atoms with Crippen molar-refractivity contribution in [3.63, 3.8) is 0 Å². The number of aliphatic hydroxyl groups is 1.